The van der Waals surface area contributed by atoms with Crippen molar-refractivity contribution in [2.24, 2.45) is 0 Å². The van der Waals surface area contributed by atoms with Gasteiger partial charge in [-0.1, -0.05) is 152 Å². The quantitative estimate of drug-likeness (QED) is 0.110. The first-order valence-corrected chi connectivity index (χ1v) is 26.2. The van der Waals surface area contributed by atoms with Crippen LogP contribution in [0.4, 0.5) is 0 Å². The molecule has 4 fully saturated rings. The van der Waals surface area contributed by atoms with Crippen LogP contribution in [0.3, 0.4) is 0 Å². The van der Waals surface area contributed by atoms with Gasteiger partial charge < -0.3 is 24.5 Å². The maximum atomic E-state index is 15.0. The zero-order chi connectivity index (χ0) is 49.0. The van der Waals surface area contributed by atoms with Crippen LogP contribution in [0, 0.1) is 0 Å². The molecular weight excluding hydrogens is 897 g/mol. The second-order valence-electron chi connectivity index (χ2n) is 20.1. The van der Waals surface area contributed by atoms with Crippen molar-refractivity contribution in [2.75, 3.05) is 39.3 Å². The van der Waals surface area contributed by atoms with Gasteiger partial charge in [0, 0.05) is 25.2 Å². The number of aromatic nitrogens is 4. The molecule has 11 rings (SSSR count). The van der Waals surface area contributed by atoms with Crippen molar-refractivity contribution in [1.82, 2.24) is 39.1 Å². The Balaban J connectivity index is 0.852. The number of hydrogen-bond acceptors (Lipinski definition) is 7. The number of imidazole rings is 2. The summed E-state index contributed by atoms with van der Waals surface area (Å²) in [6.45, 7) is 5.29. The van der Waals surface area contributed by atoms with Gasteiger partial charge in [0.05, 0.1) is 29.7 Å². The molecule has 0 aliphatic carbocycles. The number of carboxylic acids is 1. The van der Waals surface area contributed by atoms with Gasteiger partial charge >= 0.3 is 5.97 Å². The molecular formula is C60H64N8O4. The Morgan fingerprint density at radius 1 is 0.542 bits per heavy atom. The fourth-order valence-electron chi connectivity index (χ4n) is 12.0. The van der Waals surface area contributed by atoms with Gasteiger partial charge in [0.25, 0.3) is 0 Å². The summed E-state index contributed by atoms with van der Waals surface area (Å²) in [7, 11) is 0. The molecule has 0 radical (unpaired) electrons. The van der Waals surface area contributed by atoms with E-state index in [2.05, 4.69) is 68.2 Å². The maximum Gasteiger partial charge on any atom is 0.356 e. The smallest absolute Gasteiger partial charge is 0.356 e. The number of aromatic carboxylic acids is 1. The van der Waals surface area contributed by atoms with E-state index in [4.69, 9.17) is 9.97 Å². The average Bonchev–Trinajstić information content (AvgIpc) is 4.28. The zero-order valence-electron chi connectivity index (χ0n) is 41.0. The number of carboxylic acid groups (broad SMARTS) is 1. The van der Waals surface area contributed by atoms with Gasteiger partial charge in [-0.15, -0.1) is 0 Å². The molecule has 4 saturated heterocycles. The molecule has 5 aromatic carbocycles. The molecule has 2 N–H and O–H groups in total. The minimum absolute atomic E-state index is 0.0185. The highest BCUT2D eigenvalue weighted by atomic mass is 16.4. The molecule has 0 unspecified atom stereocenters. The van der Waals surface area contributed by atoms with E-state index in [1.807, 2.05) is 107 Å². The monoisotopic (exact) mass is 961 g/mol. The first-order valence-electron chi connectivity index (χ1n) is 26.2. The van der Waals surface area contributed by atoms with E-state index in [0.717, 1.165) is 128 Å². The minimum atomic E-state index is -1.10. The lowest BCUT2D eigenvalue weighted by Crippen LogP contribution is -2.45. The zero-order valence-corrected chi connectivity index (χ0v) is 41.0. The van der Waals surface area contributed by atoms with Gasteiger partial charge in [0.15, 0.2) is 5.69 Å². The standard InChI is InChI=1S/C60H64N8O4/c69-58(54(46-20-8-2-9-21-46)64-34-12-4-13-35-64)66-38-16-24-50(66)56-61-40-49(62-56)45-30-26-43(27-31-45)44-28-32-48(33-29-44)53-52(60(71)72)63-57(68(53)41-42-18-6-1-7-19-42)51-25-17-39-67(51)59(70)55(47-22-10-3-11-23-47)65-36-14-5-15-37-65/h1-3,6-11,18-23,26-33,40,50-51,54-55H,4-5,12-17,24-25,34-39,41H2,(H,61,62)(H,71,72)/t50-,51-,54+,55+/m0/s1. The van der Waals surface area contributed by atoms with E-state index in [1.165, 1.54) is 6.42 Å². The van der Waals surface area contributed by atoms with E-state index < -0.39 is 12.0 Å². The first-order chi connectivity index (χ1) is 35.4. The van der Waals surface area contributed by atoms with Crippen LogP contribution in [-0.2, 0) is 16.1 Å². The summed E-state index contributed by atoms with van der Waals surface area (Å²) in [4.78, 5) is 64.9. The van der Waals surface area contributed by atoms with Gasteiger partial charge in [0.1, 0.15) is 23.7 Å². The molecule has 4 aliphatic heterocycles. The van der Waals surface area contributed by atoms with Gasteiger partial charge in [-0.05, 0) is 111 Å². The number of carbonyl (C=O) groups is 3. The number of aromatic amines is 1. The summed E-state index contributed by atoms with van der Waals surface area (Å²) in [6.07, 6.45) is 11.9. The number of likely N-dealkylation sites (tertiary alicyclic amines) is 4. The average molecular weight is 961 g/mol. The summed E-state index contributed by atoms with van der Waals surface area (Å²) >= 11 is 0. The summed E-state index contributed by atoms with van der Waals surface area (Å²) in [6, 6.07) is 45.6. The van der Waals surface area contributed by atoms with Crippen molar-refractivity contribution in [3.63, 3.8) is 0 Å². The maximum absolute atomic E-state index is 15.0. The largest absolute Gasteiger partial charge is 0.476 e. The number of carbonyl (C=O) groups excluding carboxylic acids is 2. The number of piperidine rings is 2. The lowest BCUT2D eigenvalue weighted by molar-refractivity contribution is -0.139. The molecule has 4 atom stereocenters. The van der Waals surface area contributed by atoms with E-state index in [9.17, 15) is 19.5 Å². The van der Waals surface area contributed by atoms with Crippen LogP contribution in [0.15, 0.2) is 146 Å². The van der Waals surface area contributed by atoms with Crippen LogP contribution in [0.5, 0.6) is 0 Å². The number of H-pyrrole nitrogens is 1. The van der Waals surface area contributed by atoms with Crippen molar-refractivity contribution in [1.29, 1.82) is 0 Å². The fourth-order valence-corrected chi connectivity index (χ4v) is 12.0. The topological polar surface area (TPSA) is 131 Å². The second-order valence-corrected chi connectivity index (χ2v) is 20.1. The molecule has 7 aromatic rings. The molecule has 2 aromatic heterocycles. The minimum Gasteiger partial charge on any atom is -0.476 e. The summed E-state index contributed by atoms with van der Waals surface area (Å²) in [5.74, 6) is 0.524. The number of nitrogens with one attached hydrogen (secondary N) is 1. The van der Waals surface area contributed by atoms with Gasteiger partial charge in [0.2, 0.25) is 11.8 Å². The van der Waals surface area contributed by atoms with Crippen LogP contribution >= 0.6 is 0 Å². The van der Waals surface area contributed by atoms with Crippen molar-refractivity contribution < 1.29 is 19.5 Å². The lowest BCUT2D eigenvalue weighted by Gasteiger charge is -2.37. The van der Waals surface area contributed by atoms with Crippen LogP contribution in [0.25, 0.3) is 33.6 Å². The van der Waals surface area contributed by atoms with Crippen LogP contribution in [0.1, 0.15) is 127 Å². The van der Waals surface area contributed by atoms with Crippen LogP contribution in [-0.4, -0.2) is 101 Å². The van der Waals surface area contributed by atoms with E-state index >= 15 is 0 Å². The van der Waals surface area contributed by atoms with Crippen molar-refractivity contribution in [3.05, 3.63) is 180 Å². The summed E-state index contributed by atoms with van der Waals surface area (Å²) in [5.41, 5.74) is 8.20. The van der Waals surface area contributed by atoms with Crippen LogP contribution < -0.4 is 0 Å². The van der Waals surface area contributed by atoms with Crippen molar-refractivity contribution >= 4 is 17.8 Å². The third kappa shape index (κ3) is 9.65. The van der Waals surface area contributed by atoms with Gasteiger partial charge in [-0.3, -0.25) is 19.4 Å². The Bertz CT molecular complexity index is 2960. The van der Waals surface area contributed by atoms with Gasteiger partial charge in [-0.2, -0.15) is 0 Å². The van der Waals surface area contributed by atoms with Crippen molar-refractivity contribution in [3.8, 4) is 33.6 Å². The van der Waals surface area contributed by atoms with E-state index in [1.54, 1.807) is 0 Å². The predicted octanol–water partition coefficient (Wildman–Crippen LogP) is 11.1. The number of benzene rings is 5. The summed E-state index contributed by atoms with van der Waals surface area (Å²) < 4.78 is 2.05. The Kier molecular flexibility index (Phi) is 14.0. The number of nitrogens with zero attached hydrogens (tertiary/aromatic N) is 7. The molecule has 368 valence electrons. The molecule has 4 aliphatic rings. The highest BCUT2D eigenvalue weighted by Crippen LogP contribution is 2.41. The molecule has 0 bridgehead atoms. The summed E-state index contributed by atoms with van der Waals surface area (Å²) in [5, 5.41) is 10.8. The third-order valence-electron chi connectivity index (χ3n) is 15.6. The fraction of sp³-hybridized carbons (Fsp3) is 0.350. The number of amides is 2. The molecule has 72 heavy (non-hydrogen) atoms. The normalized spacial score (nSPS) is 19.6. The Morgan fingerprint density at radius 2 is 1.01 bits per heavy atom. The number of rotatable bonds is 14. The predicted molar refractivity (Wildman–Crippen MR) is 280 cm³/mol. The van der Waals surface area contributed by atoms with E-state index in [-0.39, 0.29) is 35.6 Å². The van der Waals surface area contributed by atoms with Crippen molar-refractivity contribution in [2.45, 2.75) is 94.9 Å². The highest BCUT2D eigenvalue weighted by Gasteiger charge is 2.42. The Morgan fingerprint density at radius 3 is 1.54 bits per heavy atom. The Labute approximate surface area is 422 Å². The SMILES string of the molecule is O=C(O)c1nc([C@@H]2CCCN2C(=O)[C@@H](c2ccccc2)N2CCCCC2)n(Cc2ccccc2)c1-c1ccc(-c2ccc(-c3cnc([C@@H]4CCCN4C(=O)[C@@H](c4ccccc4)N4CCCCC4)[nH]3)cc2)cc1. The Hall–Kier alpha value is -7.15. The first kappa shape index (κ1) is 47.2. The van der Waals surface area contributed by atoms with Crippen LogP contribution in [0.2, 0.25) is 0 Å². The molecule has 6 heterocycles. The molecule has 0 saturated carbocycles. The lowest BCUT2D eigenvalue weighted by atomic mass is 10.00. The number of hydrogen-bond donors (Lipinski definition) is 2. The molecule has 0 spiro atoms. The molecule has 12 nitrogen and oxygen atoms in total. The van der Waals surface area contributed by atoms with Gasteiger partial charge in [-0.25, -0.2) is 14.8 Å². The third-order valence-corrected chi connectivity index (χ3v) is 15.6. The molecule has 2 amide bonds. The molecule has 12 heteroatoms. The van der Waals surface area contributed by atoms with E-state index in [0.29, 0.717) is 37.6 Å². The second kappa shape index (κ2) is 21.3. The highest BCUT2D eigenvalue weighted by molar-refractivity contribution is 5.94.